The molecule has 0 N–H and O–H groups in total. The first-order valence-electron chi connectivity index (χ1n) is 6.17. The van der Waals surface area contributed by atoms with E-state index in [0.717, 1.165) is 25.9 Å². The van der Waals surface area contributed by atoms with Crippen LogP contribution < -0.4 is 0 Å². The van der Waals surface area contributed by atoms with E-state index in [1.807, 2.05) is 19.1 Å². The van der Waals surface area contributed by atoms with Gasteiger partial charge >= 0.3 is 0 Å². The SMILES string of the molecule is C=C/C=C(Cl)\C=C/C/C=C/C(CCC)OCC. The third kappa shape index (κ3) is 10.1. The largest absolute Gasteiger partial charge is 0.374 e. The Balaban J connectivity index is 3.98. The number of allylic oxidation sites excluding steroid dienone is 6. The highest BCUT2D eigenvalue weighted by Gasteiger charge is 2.00. The van der Waals surface area contributed by atoms with Gasteiger partial charge in [0.15, 0.2) is 0 Å². The Hall–Kier alpha value is -0.790. The van der Waals surface area contributed by atoms with Gasteiger partial charge in [0.1, 0.15) is 0 Å². The van der Waals surface area contributed by atoms with E-state index in [2.05, 4.69) is 25.7 Å². The zero-order chi connectivity index (χ0) is 12.9. The van der Waals surface area contributed by atoms with Crippen molar-refractivity contribution >= 4 is 11.6 Å². The van der Waals surface area contributed by atoms with Gasteiger partial charge in [0, 0.05) is 11.6 Å². The van der Waals surface area contributed by atoms with Crippen molar-refractivity contribution in [3.63, 3.8) is 0 Å². The monoisotopic (exact) mass is 254 g/mol. The number of ether oxygens (including phenoxy) is 1. The van der Waals surface area contributed by atoms with Crippen molar-refractivity contribution in [3.8, 4) is 0 Å². The quantitative estimate of drug-likeness (QED) is 0.415. The summed E-state index contributed by atoms with van der Waals surface area (Å²) in [5, 5.41) is 0.698. The van der Waals surface area contributed by atoms with Gasteiger partial charge in [-0.15, -0.1) is 0 Å². The molecule has 0 aliphatic heterocycles. The molecule has 1 nitrogen and oxygen atoms in total. The summed E-state index contributed by atoms with van der Waals surface area (Å²) < 4.78 is 5.59. The minimum atomic E-state index is 0.248. The second-order valence-corrected chi connectivity index (χ2v) is 4.07. The molecule has 0 saturated heterocycles. The van der Waals surface area contributed by atoms with Crippen molar-refractivity contribution in [3.05, 3.63) is 48.1 Å². The zero-order valence-electron chi connectivity index (χ0n) is 10.9. The summed E-state index contributed by atoms with van der Waals surface area (Å²) in [6.07, 6.45) is 14.9. The lowest BCUT2D eigenvalue weighted by molar-refractivity contribution is 0.0897. The van der Waals surface area contributed by atoms with E-state index < -0.39 is 0 Å². The molecule has 0 bridgehead atoms. The molecule has 0 heterocycles. The van der Waals surface area contributed by atoms with Gasteiger partial charge in [0.25, 0.3) is 0 Å². The topological polar surface area (TPSA) is 9.23 Å². The van der Waals surface area contributed by atoms with E-state index in [-0.39, 0.29) is 6.10 Å². The second kappa shape index (κ2) is 11.7. The second-order valence-electron chi connectivity index (χ2n) is 3.64. The summed E-state index contributed by atoms with van der Waals surface area (Å²) in [7, 11) is 0. The Morgan fingerprint density at radius 3 is 2.71 bits per heavy atom. The zero-order valence-corrected chi connectivity index (χ0v) is 11.6. The fraction of sp³-hybridized carbons (Fsp3) is 0.467. The molecular formula is C15H23ClO. The minimum absolute atomic E-state index is 0.248. The molecular weight excluding hydrogens is 232 g/mol. The average Bonchev–Trinajstić information content (AvgIpc) is 2.29. The Morgan fingerprint density at radius 2 is 2.12 bits per heavy atom. The molecule has 0 aromatic heterocycles. The lowest BCUT2D eigenvalue weighted by Crippen LogP contribution is -2.08. The maximum Gasteiger partial charge on any atom is 0.0755 e. The molecule has 96 valence electrons. The summed E-state index contributed by atoms with van der Waals surface area (Å²) in [5.41, 5.74) is 0. The molecule has 0 aromatic rings. The molecule has 0 amide bonds. The highest BCUT2D eigenvalue weighted by atomic mass is 35.5. The van der Waals surface area contributed by atoms with Gasteiger partial charge in [0.2, 0.25) is 0 Å². The van der Waals surface area contributed by atoms with Gasteiger partial charge in [-0.25, -0.2) is 0 Å². The Bertz CT molecular complexity index is 271. The first kappa shape index (κ1) is 16.2. The molecule has 0 aliphatic rings. The maximum absolute atomic E-state index is 5.88. The van der Waals surface area contributed by atoms with Crippen molar-refractivity contribution in [2.75, 3.05) is 6.61 Å². The smallest absolute Gasteiger partial charge is 0.0755 e. The van der Waals surface area contributed by atoms with Crippen molar-refractivity contribution in [1.29, 1.82) is 0 Å². The van der Waals surface area contributed by atoms with Crippen molar-refractivity contribution in [2.45, 2.75) is 39.2 Å². The van der Waals surface area contributed by atoms with Gasteiger partial charge in [-0.3, -0.25) is 0 Å². The normalized spacial score (nSPS) is 14.6. The number of halogens is 1. The molecule has 0 fully saturated rings. The molecule has 0 saturated carbocycles. The van der Waals surface area contributed by atoms with Gasteiger partial charge in [-0.1, -0.05) is 55.8 Å². The molecule has 1 atom stereocenters. The standard InChI is InChI=1S/C15H23ClO/c1-4-10-14(16)12-8-7-9-13-15(11-5-2)17-6-3/h4,8-10,12-13,15H,1,5-7,11H2,2-3H3/b12-8-,13-9+,14-10+. The Labute approximate surface area is 111 Å². The van der Waals surface area contributed by atoms with E-state index >= 15 is 0 Å². The van der Waals surface area contributed by atoms with E-state index in [1.165, 1.54) is 0 Å². The lowest BCUT2D eigenvalue weighted by atomic mass is 10.2. The van der Waals surface area contributed by atoms with Crippen LogP contribution >= 0.6 is 11.6 Å². The van der Waals surface area contributed by atoms with Gasteiger partial charge in [-0.05, 0) is 31.9 Å². The molecule has 1 unspecified atom stereocenters. The molecule has 0 aliphatic carbocycles. The highest BCUT2D eigenvalue weighted by molar-refractivity contribution is 6.31. The van der Waals surface area contributed by atoms with Crippen LogP contribution in [0.25, 0.3) is 0 Å². The van der Waals surface area contributed by atoms with Crippen LogP contribution in [0.4, 0.5) is 0 Å². The fourth-order valence-electron chi connectivity index (χ4n) is 1.39. The summed E-state index contributed by atoms with van der Waals surface area (Å²) in [6.45, 7) is 8.54. The number of hydrogen-bond donors (Lipinski definition) is 0. The van der Waals surface area contributed by atoms with Crippen LogP contribution in [0.2, 0.25) is 0 Å². The highest BCUT2D eigenvalue weighted by Crippen LogP contribution is 2.06. The van der Waals surface area contributed by atoms with Gasteiger partial charge in [0.05, 0.1) is 6.10 Å². The fourth-order valence-corrected chi connectivity index (χ4v) is 1.57. The van der Waals surface area contributed by atoms with E-state index in [4.69, 9.17) is 16.3 Å². The van der Waals surface area contributed by atoms with E-state index in [0.29, 0.717) is 5.03 Å². The van der Waals surface area contributed by atoms with Gasteiger partial charge in [-0.2, -0.15) is 0 Å². The first-order chi connectivity index (χ1) is 8.24. The van der Waals surface area contributed by atoms with E-state index in [9.17, 15) is 0 Å². The Kier molecular flexibility index (Phi) is 11.1. The van der Waals surface area contributed by atoms with Crippen LogP contribution in [0.15, 0.2) is 48.1 Å². The summed E-state index contributed by atoms with van der Waals surface area (Å²) in [5.74, 6) is 0. The number of rotatable bonds is 9. The molecule has 0 radical (unpaired) electrons. The summed E-state index contributed by atoms with van der Waals surface area (Å²) in [4.78, 5) is 0. The first-order valence-corrected chi connectivity index (χ1v) is 6.55. The average molecular weight is 255 g/mol. The van der Waals surface area contributed by atoms with Crippen molar-refractivity contribution in [2.24, 2.45) is 0 Å². The van der Waals surface area contributed by atoms with Crippen LogP contribution in [-0.4, -0.2) is 12.7 Å². The molecule has 0 aromatic carbocycles. The molecule has 0 spiro atoms. The van der Waals surface area contributed by atoms with E-state index in [1.54, 1.807) is 12.2 Å². The maximum atomic E-state index is 5.88. The van der Waals surface area contributed by atoms with Crippen LogP contribution in [-0.2, 0) is 4.74 Å². The van der Waals surface area contributed by atoms with Crippen LogP contribution in [0.1, 0.15) is 33.1 Å². The minimum Gasteiger partial charge on any atom is -0.374 e. The third-order valence-electron chi connectivity index (χ3n) is 2.13. The number of hydrogen-bond acceptors (Lipinski definition) is 1. The lowest BCUT2D eigenvalue weighted by Gasteiger charge is -2.10. The van der Waals surface area contributed by atoms with Crippen LogP contribution in [0.5, 0.6) is 0 Å². The van der Waals surface area contributed by atoms with Gasteiger partial charge < -0.3 is 4.74 Å². The van der Waals surface area contributed by atoms with Crippen LogP contribution in [0.3, 0.4) is 0 Å². The summed E-state index contributed by atoms with van der Waals surface area (Å²) >= 11 is 5.88. The Morgan fingerprint density at radius 1 is 1.35 bits per heavy atom. The predicted molar refractivity (Wildman–Crippen MR) is 77.4 cm³/mol. The predicted octanol–water partition coefficient (Wildman–Crippen LogP) is 5.00. The molecule has 17 heavy (non-hydrogen) atoms. The molecule has 2 heteroatoms. The van der Waals surface area contributed by atoms with Crippen molar-refractivity contribution in [1.82, 2.24) is 0 Å². The third-order valence-corrected chi connectivity index (χ3v) is 2.38. The van der Waals surface area contributed by atoms with Crippen LogP contribution in [0, 0.1) is 0 Å². The summed E-state index contributed by atoms with van der Waals surface area (Å²) in [6, 6.07) is 0. The van der Waals surface area contributed by atoms with Crippen molar-refractivity contribution < 1.29 is 4.74 Å². The molecule has 0 rings (SSSR count).